The van der Waals surface area contributed by atoms with Crippen LogP contribution in [0.3, 0.4) is 0 Å². The molecule has 0 aromatic heterocycles. The van der Waals surface area contributed by atoms with Gasteiger partial charge < -0.3 is 10.1 Å². The molecule has 0 atom stereocenters. The lowest BCUT2D eigenvalue weighted by molar-refractivity contribution is -0.123. The molecule has 0 saturated heterocycles. The molecule has 3 rings (SSSR count). The molecule has 1 aliphatic rings. The number of esters is 1. The lowest BCUT2D eigenvalue weighted by atomic mass is 10.00. The molecule has 2 N–H and O–H groups in total. The minimum absolute atomic E-state index is 0.109. The highest BCUT2D eigenvalue weighted by Crippen LogP contribution is 2.24. The Balaban J connectivity index is 1.55. The van der Waals surface area contributed by atoms with Crippen LogP contribution in [-0.2, 0) is 9.53 Å². The van der Waals surface area contributed by atoms with Crippen molar-refractivity contribution in [1.82, 2.24) is 10.6 Å². The highest BCUT2D eigenvalue weighted by atomic mass is 16.5. The van der Waals surface area contributed by atoms with Crippen LogP contribution < -0.4 is 10.6 Å². The van der Waals surface area contributed by atoms with Gasteiger partial charge in [0.2, 0.25) is 0 Å². The van der Waals surface area contributed by atoms with Crippen molar-refractivity contribution in [2.45, 2.75) is 31.7 Å². The quantitative estimate of drug-likeness (QED) is 0.796. The van der Waals surface area contributed by atoms with Crippen molar-refractivity contribution >= 4 is 17.9 Å². The highest BCUT2D eigenvalue weighted by Gasteiger charge is 2.19. The maximum absolute atomic E-state index is 12.4. The van der Waals surface area contributed by atoms with E-state index in [1.807, 2.05) is 42.5 Å². The third-order valence-corrected chi connectivity index (χ3v) is 4.51. The molecule has 6 heteroatoms. The molecule has 140 valence electrons. The Kier molecular flexibility index (Phi) is 6.20. The SMILES string of the molecule is O=C(COC(=O)c1ccccc1-c1ccccc1)NC(=O)NC1CCCC1. The van der Waals surface area contributed by atoms with Gasteiger partial charge in [0, 0.05) is 6.04 Å². The molecule has 2 aromatic rings. The number of carbonyl (C=O) groups is 3. The van der Waals surface area contributed by atoms with Gasteiger partial charge in [0.15, 0.2) is 6.61 Å². The first-order valence-electron chi connectivity index (χ1n) is 9.05. The number of hydrogen-bond donors (Lipinski definition) is 2. The van der Waals surface area contributed by atoms with Gasteiger partial charge in [-0.05, 0) is 30.0 Å². The maximum atomic E-state index is 12.4. The van der Waals surface area contributed by atoms with Gasteiger partial charge in [-0.2, -0.15) is 0 Å². The van der Waals surface area contributed by atoms with Gasteiger partial charge >= 0.3 is 12.0 Å². The molecule has 1 saturated carbocycles. The monoisotopic (exact) mass is 366 g/mol. The second-order valence-corrected chi connectivity index (χ2v) is 6.49. The zero-order valence-electron chi connectivity index (χ0n) is 14.9. The molecule has 0 aliphatic heterocycles. The first-order valence-corrected chi connectivity index (χ1v) is 9.05. The summed E-state index contributed by atoms with van der Waals surface area (Å²) < 4.78 is 5.09. The molecule has 0 unspecified atom stereocenters. The summed E-state index contributed by atoms with van der Waals surface area (Å²) in [6.45, 7) is -0.514. The third kappa shape index (κ3) is 5.17. The van der Waals surface area contributed by atoms with Crippen molar-refractivity contribution in [2.75, 3.05) is 6.61 Å². The zero-order valence-corrected chi connectivity index (χ0v) is 14.9. The first kappa shape index (κ1) is 18.6. The summed E-state index contributed by atoms with van der Waals surface area (Å²) >= 11 is 0. The predicted octanol–water partition coefficient (Wildman–Crippen LogP) is 3.28. The lowest BCUT2D eigenvalue weighted by Gasteiger charge is -2.13. The molecule has 1 aliphatic carbocycles. The number of ether oxygens (including phenoxy) is 1. The summed E-state index contributed by atoms with van der Waals surface area (Å²) in [6.07, 6.45) is 4.01. The van der Waals surface area contributed by atoms with Crippen LogP contribution in [0, 0.1) is 0 Å². The molecule has 0 radical (unpaired) electrons. The first-order chi connectivity index (χ1) is 13.1. The van der Waals surface area contributed by atoms with Gasteiger partial charge in [0.05, 0.1) is 5.56 Å². The standard InChI is InChI=1S/C21H22N2O4/c24-19(23-21(26)22-16-10-4-5-11-16)14-27-20(25)18-13-7-6-12-17(18)15-8-2-1-3-9-15/h1-3,6-9,12-13,16H,4-5,10-11,14H2,(H2,22,23,24,26). The Morgan fingerprint density at radius 1 is 0.926 bits per heavy atom. The van der Waals surface area contributed by atoms with Crippen LogP contribution in [0.15, 0.2) is 54.6 Å². The van der Waals surface area contributed by atoms with E-state index < -0.39 is 24.5 Å². The molecule has 1 fully saturated rings. The molecule has 0 spiro atoms. The predicted molar refractivity (Wildman–Crippen MR) is 101 cm³/mol. The molecule has 0 heterocycles. The van der Waals surface area contributed by atoms with Crippen molar-refractivity contribution in [3.63, 3.8) is 0 Å². The second kappa shape index (κ2) is 8.98. The van der Waals surface area contributed by atoms with E-state index in [1.54, 1.807) is 12.1 Å². The smallest absolute Gasteiger partial charge is 0.339 e. The number of urea groups is 1. The fourth-order valence-electron chi connectivity index (χ4n) is 3.19. The van der Waals surface area contributed by atoms with Gasteiger partial charge in [-0.15, -0.1) is 0 Å². The summed E-state index contributed by atoms with van der Waals surface area (Å²) in [5, 5.41) is 4.94. The number of carbonyl (C=O) groups excluding carboxylic acids is 3. The van der Waals surface area contributed by atoms with Gasteiger partial charge in [0.1, 0.15) is 0 Å². The maximum Gasteiger partial charge on any atom is 0.339 e. The number of rotatable bonds is 5. The fourth-order valence-corrected chi connectivity index (χ4v) is 3.19. The van der Waals surface area contributed by atoms with Crippen LogP contribution >= 0.6 is 0 Å². The van der Waals surface area contributed by atoms with Gasteiger partial charge in [0.25, 0.3) is 5.91 Å². The summed E-state index contributed by atoms with van der Waals surface area (Å²) in [4.78, 5) is 36.1. The minimum atomic E-state index is -0.656. The number of amides is 3. The van der Waals surface area contributed by atoms with Crippen molar-refractivity contribution in [1.29, 1.82) is 0 Å². The van der Waals surface area contributed by atoms with Crippen LogP contribution in [0.1, 0.15) is 36.0 Å². The highest BCUT2D eigenvalue weighted by molar-refractivity contribution is 6.00. The van der Waals surface area contributed by atoms with Gasteiger partial charge in [-0.25, -0.2) is 9.59 Å². The molecular weight excluding hydrogens is 344 g/mol. The Bertz CT molecular complexity index is 814. The average Bonchev–Trinajstić information content (AvgIpc) is 3.19. The Labute approximate surface area is 157 Å². The molecule has 27 heavy (non-hydrogen) atoms. The second-order valence-electron chi connectivity index (χ2n) is 6.49. The van der Waals surface area contributed by atoms with E-state index in [9.17, 15) is 14.4 Å². The van der Waals surface area contributed by atoms with E-state index in [4.69, 9.17) is 4.74 Å². The van der Waals surface area contributed by atoms with Crippen molar-refractivity contribution in [3.05, 3.63) is 60.2 Å². The summed E-state index contributed by atoms with van der Waals surface area (Å²) in [5.41, 5.74) is 1.97. The van der Waals surface area contributed by atoms with Crippen LogP contribution in [0.4, 0.5) is 4.79 Å². The van der Waals surface area contributed by atoms with Crippen molar-refractivity contribution < 1.29 is 19.1 Å². The Morgan fingerprint density at radius 2 is 1.59 bits per heavy atom. The molecule has 3 amide bonds. The molecule has 6 nitrogen and oxygen atoms in total. The van der Waals surface area contributed by atoms with Crippen LogP contribution in [0.25, 0.3) is 11.1 Å². The van der Waals surface area contributed by atoms with Crippen molar-refractivity contribution in [3.8, 4) is 11.1 Å². The average molecular weight is 366 g/mol. The fraction of sp³-hybridized carbons (Fsp3) is 0.286. The van der Waals surface area contributed by atoms with Crippen LogP contribution in [0.5, 0.6) is 0 Å². The number of benzene rings is 2. The minimum Gasteiger partial charge on any atom is -0.452 e. The lowest BCUT2D eigenvalue weighted by Crippen LogP contribution is -2.45. The van der Waals surface area contributed by atoms with E-state index in [-0.39, 0.29) is 6.04 Å². The summed E-state index contributed by atoms with van der Waals surface area (Å²) in [6, 6.07) is 16.0. The number of hydrogen-bond acceptors (Lipinski definition) is 4. The normalized spacial score (nSPS) is 13.8. The largest absolute Gasteiger partial charge is 0.452 e. The van der Waals surface area contributed by atoms with Crippen molar-refractivity contribution in [2.24, 2.45) is 0 Å². The topological polar surface area (TPSA) is 84.5 Å². The molecular formula is C21H22N2O4. The molecule has 0 bridgehead atoms. The Morgan fingerprint density at radius 3 is 2.33 bits per heavy atom. The van der Waals surface area contributed by atoms with Gasteiger partial charge in [-0.1, -0.05) is 61.4 Å². The third-order valence-electron chi connectivity index (χ3n) is 4.51. The number of nitrogens with one attached hydrogen (secondary N) is 2. The summed E-state index contributed by atoms with van der Waals surface area (Å²) in [5.74, 6) is -1.27. The zero-order chi connectivity index (χ0) is 19.1. The Hall–Kier alpha value is -3.15. The van der Waals surface area contributed by atoms with E-state index >= 15 is 0 Å². The van der Waals surface area contributed by atoms with E-state index in [0.29, 0.717) is 5.56 Å². The van der Waals surface area contributed by atoms with Crippen LogP contribution in [-0.4, -0.2) is 30.6 Å². The van der Waals surface area contributed by atoms with Gasteiger partial charge in [-0.3, -0.25) is 10.1 Å². The summed E-state index contributed by atoms with van der Waals surface area (Å²) in [7, 11) is 0. The van der Waals surface area contributed by atoms with E-state index in [0.717, 1.165) is 36.8 Å². The molecule has 2 aromatic carbocycles. The van der Waals surface area contributed by atoms with E-state index in [1.165, 1.54) is 0 Å². The van der Waals surface area contributed by atoms with Crippen LogP contribution in [0.2, 0.25) is 0 Å². The number of imide groups is 1. The van der Waals surface area contributed by atoms with E-state index in [2.05, 4.69) is 10.6 Å².